The average Bonchev–Trinajstić information content (AvgIpc) is 3.10. The van der Waals surface area contributed by atoms with Crippen LogP contribution in [0.3, 0.4) is 0 Å². The second-order valence-electron chi connectivity index (χ2n) is 8.13. The first-order valence-corrected chi connectivity index (χ1v) is 13.8. The molecule has 8 heteroatoms. The largest absolute Gasteiger partial charge is 0.326 e. The minimum Gasteiger partial charge on any atom is -0.326 e. The third-order valence-electron chi connectivity index (χ3n) is 5.54. The van der Waals surface area contributed by atoms with E-state index in [0.29, 0.717) is 25.0 Å². The third-order valence-corrected chi connectivity index (χ3v) is 8.32. The van der Waals surface area contributed by atoms with Crippen molar-refractivity contribution in [1.29, 1.82) is 0 Å². The lowest BCUT2D eigenvalue weighted by molar-refractivity contribution is -0.117. The lowest BCUT2D eigenvalue weighted by Crippen LogP contribution is -2.42. The molecule has 1 fully saturated rings. The maximum atomic E-state index is 13.0. The van der Waals surface area contributed by atoms with Crippen LogP contribution >= 0.6 is 11.8 Å². The Kier molecular flexibility index (Phi) is 8.37. The summed E-state index contributed by atoms with van der Waals surface area (Å²) in [7, 11) is -3.10. The summed E-state index contributed by atoms with van der Waals surface area (Å²) in [5.74, 6) is 0.939. The van der Waals surface area contributed by atoms with Crippen LogP contribution in [0.1, 0.15) is 30.4 Å². The Hall–Kier alpha value is -2.32. The zero-order valence-electron chi connectivity index (χ0n) is 18.5. The monoisotopic (exact) mass is 474 g/mol. The van der Waals surface area contributed by atoms with Crippen LogP contribution < -0.4 is 10.2 Å². The lowest BCUT2D eigenvalue weighted by Gasteiger charge is -2.28. The molecule has 0 spiro atoms. The van der Waals surface area contributed by atoms with Crippen molar-refractivity contribution >= 4 is 44.8 Å². The molecule has 172 valence electrons. The molecule has 1 N–H and O–H groups in total. The van der Waals surface area contributed by atoms with Crippen molar-refractivity contribution < 1.29 is 18.0 Å². The fourth-order valence-electron chi connectivity index (χ4n) is 3.90. The molecule has 0 aromatic heterocycles. The highest BCUT2D eigenvalue weighted by Gasteiger charge is 2.35. The molecule has 2 aromatic carbocycles. The van der Waals surface area contributed by atoms with Crippen molar-refractivity contribution in [2.24, 2.45) is 0 Å². The van der Waals surface area contributed by atoms with E-state index in [4.69, 9.17) is 0 Å². The summed E-state index contributed by atoms with van der Waals surface area (Å²) in [6.45, 7) is 3.94. The number of carbonyl (C=O) groups excluding carboxylic acids is 2. The number of hydrogen-bond acceptors (Lipinski definition) is 5. The van der Waals surface area contributed by atoms with Gasteiger partial charge in [0.15, 0.2) is 9.84 Å². The third kappa shape index (κ3) is 6.59. The van der Waals surface area contributed by atoms with E-state index in [0.717, 1.165) is 22.5 Å². The number of carbonyl (C=O) groups is 2. The Morgan fingerprint density at radius 3 is 2.38 bits per heavy atom. The maximum absolute atomic E-state index is 13.0. The van der Waals surface area contributed by atoms with E-state index in [1.807, 2.05) is 62.4 Å². The molecule has 32 heavy (non-hydrogen) atoms. The highest BCUT2D eigenvalue weighted by atomic mass is 32.2. The molecular formula is C24H30N2O4S2. The maximum Gasteiger partial charge on any atom is 0.237 e. The Morgan fingerprint density at radius 2 is 1.75 bits per heavy atom. The molecule has 1 saturated heterocycles. The quantitative estimate of drug-likeness (QED) is 0.556. The minimum absolute atomic E-state index is 0.0107. The van der Waals surface area contributed by atoms with Crippen LogP contribution in [0.5, 0.6) is 0 Å². The van der Waals surface area contributed by atoms with Crippen molar-refractivity contribution in [3.05, 3.63) is 59.7 Å². The van der Waals surface area contributed by atoms with Gasteiger partial charge < -0.3 is 10.2 Å². The standard InChI is InChI=1S/C24H30N2O4S2/c1-18-8-6-9-19(2)24(18)25-22(27)12-7-14-31-16-23(28)26(20-10-4-3-5-11-20)21-13-15-32(29,30)17-21/h3-6,8-11,21H,7,12-17H2,1-2H3,(H,25,27). The molecule has 1 aliphatic rings. The van der Waals surface area contributed by atoms with Crippen molar-refractivity contribution in [2.45, 2.75) is 39.2 Å². The first kappa shape index (κ1) is 24.3. The minimum atomic E-state index is -3.10. The highest BCUT2D eigenvalue weighted by molar-refractivity contribution is 7.99. The summed E-state index contributed by atoms with van der Waals surface area (Å²) in [6.07, 6.45) is 1.52. The first-order valence-electron chi connectivity index (χ1n) is 10.8. The van der Waals surface area contributed by atoms with Gasteiger partial charge in [0.1, 0.15) is 0 Å². The van der Waals surface area contributed by atoms with Gasteiger partial charge in [-0.2, -0.15) is 11.8 Å². The van der Waals surface area contributed by atoms with Gasteiger partial charge in [-0.1, -0.05) is 36.4 Å². The van der Waals surface area contributed by atoms with Crippen LogP contribution in [-0.4, -0.2) is 49.3 Å². The van der Waals surface area contributed by atoms with Crippen LogP contribution in [0.4, 0.5) is 11.4 Å². The van der Waals surface area contributed by atoms with Crippen molar-refractivity contribution in [1.82, 2.24) is 0 Å². The van der Waals surface area contributed by atoms with E-state index in [1.165, 1.54) is 11.8 Å². The predicted molar refractivity (Wildman–Crippen MR) is 132 cm³/mol. The number of thioether (sulfide) groups is 1. The van der Waals surface area contributed by atoms with Gasteiger partial charge in [-0.15, -0.1) is 0 Å². The molecule has 2 amide bonds. The van der Waals surface area contributed by atoms with E-state index >= 15 is 0 Å². The molecule has 1 atom stereocenters. The lowest BCUT2D eigenvalue weighted by atomic mass is 10.1. The van der Waals surface area contributed by atoms with Crippen molar-refractivity contribution in [3.63, 3.8) is 0 Å². The number of benzene rings is 2. The SMILES string of the molecule is Cc1cccc(C)c1NC(=O)CCCSCC(=O)N(c1ccccc1)C1CCS(=O)(=O)C1. The predicted octanol–water partition coefficient (Wildman–Crippen LogP) is 3.98. The number of sulfone groups is 1. The molecule has 6 nitrogen and oxygen atoms in total. The van der Waals surface area contributed by atoms with Gasteiger partial charge in [0.2, 0.25) is 11.8 Å². The highest BCUT2D eigenvalue weighted by Crippen LogP contribution is 2.25. The Bertz CT molecular complexity index is 1030. The summed E-state index contributed by atoms with van der Waals surface area (Å²) in [5.41, 5.74) is 3.67. The molecule has 0 saturated carbocycles. The summed E-state index contributed by atoms with van der Waals surface area (Å²) < 4.78 is 23.9. The second-order valence-corrected chi connectivity index (χ2v) is 11.5. The molecule has 3 rings (SSSR count). The molecule has 0 aliphatic carbocycles. The Labute approximate surface area is 194 Å². The van der Waals surface area contributed by atoms with E-state index in [1.54, 1.807) is 4.90 Å². The van der Waals surface area contributed by atoms with Crippen LogP contribution in [-0.2, 0) is 19.4 Å². The van der Waals surface area contributed by atoms with Crippen molar-refractivity contribution in [2.75, 3.05) is 33.2 Å². The van der Waals surface area contributed by atoms with Gasteiger partial charge in [0.05, 0.1) is 23.3 Å². The summed E-state index contributed by atoms with van der Waals surface area (Å²) in [6, 6.07) is 14.8. The number of nitrogens with one attached hydrogen (secondary N) is 1. The van der Waals surface area contributed by atoms with Crippen LogP contribution in [0, 0.1) is 13.8 Å². The Balaban J connectivity index is 1.48. The number of hydrogen-bond donors (Lipinski definition) is 1. The van der Waals surface area contributed by atoms with Gasteiger partial charge in [-0.05, 0) is 55.7 Å². The molecule has 1 aliphatic heterocycles. The van der Waals surface area contributed by atoms with Crippen LogP contribution in [0.25, 0.3) is 0 Å². The smallest absolute Gasteiger partial charge is 0.237 e. The van der Waals surface area contributed by atoms with E-state index in [-0.39, 0.29) is 35.1 Å². The fraction of sp³-hybridized carbons (Fsp3) is 0.417. The van der Waals surface area contributed by atoms with Gasteiger partial charge in [0, 0.05) is 17.8 Å². The van der Waals surface area contributed by atoms with Crippen LogP contribution in [0.2, 0.25) is 0 Å². The molecular weight excluding hydrogens is 444 g/mol. The summed E-state index contributed by atoms with van der Waals surface area (Å²) in [5, 5.41) is 2.98. The number of nitrogens with zero attached hydrogens (tertiary/aromatic N) is 1. The average molecular weight is 475 g/mol. The fourth-order valence-corrected chi connectivity index (χ4v) is 6.41. The normalized spacial score (nSPS) is 17.1. The van der Waals surface area contributed by atoms with E-state index in [2.05, 4.69) is 5.32 Å². The molecule has 0 radical (unpaired) electrons. The summed E-state index contributed by atoms with van der Waals surface area (Å²) in [4.78, 5) is 26.9. The zero-order valence-corrected chi connectivity index (χ0v) is 20.2. The number of rotatable bonds is 9. The molecule has 1 heterocycles. The number of anilines is 2. The number of aryl methyl sites for hydroxylation is 2. The van der Waals surface area contributed by atoms with Gasteiger partial charge in [-0.3, -0.25) is 9.59 Å². The summed E-state index contributed by atoms with van der Waals surface area (Å²) >= 11 is 1.48. The topological polar surface area (TPSA) is 83.6 Å². The number of amides is 2. The zero-order chi connectivity index (χ0) is 23.1. The Morgan fingerprint density at radius 1 is 1.06 bits per heavy atom. The van der Waals surface area contributed by atoms with Gasteiger partial charge in [-0.25, -0.2) is 8.42 Å². The number of para-hydroxylation sites is 2. The van der Waals surface area contributed by atoms with E-state index < -0.39 is 9.84 Å². The molecule has 1 unspecified atom stereocenters. The van der Waals surface area contributed by atoms with Crippen LogP contribution in [0.15, 0.2) is 48.5 Å². The van der Waals surface area contributed by atoms with E-state index in [9.17, 15) is 18.0 Å². The molecule has 0 bridgehead atoms. The van der Waals surface area contributed by atoms with Gasteiger partial charge in [0.25, 0.3) is 0 Å². The first-order chi connectivity index (χ1) is 15.3. The second kappa shape index (κ2) is 11.0. The van der Waals surface area contributed by atoms with Gasteiger partial charge >= 0.3 is 0 Å². The van der Waals surface area contributed by atoms with Crippen molar-refractivity contribution in [3.8, 4) is 0 Å². The molecule has 2 aromatic rings.